The fraction of sp³-hybridized carbons (Fsp3) is 0.263. The maximum Gasteiger partial charge on any atom is 0.322 e. The van der Waals surface area contributed by atoms with Gasteiger partial charge < -0.3 is 15.3 Å². The van der Waals surface area contributed by atoms with E-state index in [1.165, 1.54) is 17.0 Å². The number of rotatable bonds is 5. The molecular weight excluding hydrogens is 368 g/mol. The largest absolute Gasteiger partial charge is 0.480 e. The van der Waals surface area contributed by atoms with Gasteiger partial charge in [-0.1, -0.05) is 42.5 Å². The molecule has 2 aromatic rings. The van der Waals surface area contributed by atoms with E-state index in [2.05, 4.69) is 5.32 Å². The maximum absolute atomic E-state index is 12.9. The predicted molar refractivity (Wildman–Crippen MR) is 99.1 cm³/mol. The lowest BCUT2D eigenvalue weighted by Gasteiger charge is -2.32. The van der Waals surface area contributed by atoms with Gasteiger partial charge in [0.05, 0.1) is 16.2 Å². The summed E-state index contributed by atoms with van der Waals surface area (Å²) in [5.74, 6) is -1.73. The van der Waals surface area contributed by atoms with Crippen molar-refractivity contribution in [1.82, 2.24) is 10.2 Å². The monoisotopic (exact) mass is 388 g/mol. The summed E-state index contributed by atoms with van der Waals surface area (Å²) in [7, 11) is -3.74. The molecule has 7 nitrogen and oxygen atoms in total. The maximum atomic E-state index is 12.9. The normalized spacial score (nSPS) is 17.5. The minimum absolute atomic E-state index is 0.0127. The number of carbonyl (C=O) groups excluding carboxylic acids is 1. The summed E-state index contributed by atoms with van der Waals surface area (Å²) in [5, 5.41) is 12.0. The van der Waals surface area contributed by atoms with Crippen molar-refractivity contribution in [2.45, 2.75) is 16.7 Å². The van der Waals surface area contributed by atoms with Crippen LogP contribution < -0.4 is 5.32 Å². The van der Waals surface area contributed by atoms with Gasteiger partial charge >= 0.3 is 5.97 Å². The number of amides is 1. The van der Waals surface area contributed by atoms with Gasteiger partial charge in [0.25, 0.3) is 5.91 Å². The lowest BCUT2D eigenvalue weighted by Crippen LogP contribution is -2.55. The number of carboxylic acid groups (broad SMARTS) is 1. The van der Waals surface area contributed by atoms with Crippen molar-refractivity contribution in [2.24, 2.45) is 0 Å². The number of sulfone groups is 1. The molecular formula is C19H20N2O5S. The Balaban J connectivity index is 1.89. The first-order valence-electron chi connectivity index (χ1n) is 8.49. The van der Waals surface area contributed by atoms with Gasteiger partial charge in [-0.15, -0.1) is 0 Å². The Kier molecular flexibility index (Phi) is 5.57. The number of aliphatic carboxylic acids is 1. The molecule has 2 N–H and O–H groups in total. The number of carbonyl (C=O) groups is 2. The third-order valence-electron chi connectivity index (χ3n) is 4.41. The van der Waals surface area contributed by atoms with Crippen LogP contribution in [0.2, 0.25) is 0 Å². The standard InChI is InChI=1S/C19H20N2O5S/c22-18(21-11-10-20-16(12-21)19(23)24)15-8-4-5-9-17(15)27(25,26)13-14-6-2-1-3-7-14/h1-9,16,20H,10-13H2,(H,23,24)/t16-/m0/s1. The lowest BCUT2D eigenvalue weighted by atomic mass is 10.1. The molecule has 0 saturated carbocycles. The van der Waals surface area contributed by atoms with E-state index in [0.717, 1.165) is 0 Å². The van der Waals surface area contributed by atoms with Gasteiger partial charge in [0.15, 0.2) is 9.84 Å². The summed E-state index contributed by atoms with van der Waals surface area (Å²) in [6.07, 6.45) is 0. The molecule has 8 heteroatoms. The molecule has 1 heterocycles. The number of benzene rings is 2. The van der Waals surface area contributed by atoms with Crippen LogP contribution in [0.15, 0.2) is 59.5 Å². The molecule has 1 atom stereocenters. The second kappa shape index (κ2) is 7.89. The van der Waals surface area contributed by atoms with Gasteiger partial charge in [-0.3, -0.25) is 9.59 Å². The van der Waals surface area contributed by atoms with Gasteiger partial charge in [-0.25, -0.2) is 8.42 Å². The van der Waals surface area contributed by atoms with Gasteiger partial charge in [0, 0.05) is 19.6 Å². The summed E-state index contributed by atoms with van der Waals surface area (Å²) in [6.45, 7) is 0.637. The number of piperazine rings is 1. The molecule has 1 saturated heterocycles. The predicted octanol–water partition coefficient (Wildman–Crippen LogP) is 1.16. The molecule has 1 aliphatic heterocycles. The van der Waals surface area contributed by atoms with Gasteiger partial charge in [-0.05, 0) is 17.7 Å². The Morgan fingerprint density at radius 1 is 1.07 bits per heavy atom. The fourth-order valence-corrected chi connectivity index (χ4v) is 4.62. The Hall–Kier alpha value is -2.71. The van der Waals surface area contributed by atoms with E-state index in [9.17, 15) is 18.0 Å². The molecule has 0 bridgehead atoms. The molecule has 142 valence electrons. The average Bonchev–Trinajstić information content (AvgIpc) is 2.68. The minimum atomic E-state index is -3.74. The van der Waals surface area contributed by atoms with Crippen molar-refractivity contribution in [3.8, 4) is 0 Å². The molecule has 1 fully saturated rings. The summed E-state index contributed by atoms with van der Waals surface area (Å²) >= 11 is 0. The van der Waals surface area contributed by atoms with Gasteiger partial charge in [-0.2, -0.15) is 0 Å². The van der Waals surface area contributed by atoms with Crippen LogP contribution in [0.25, 0.3) is 0 Å². The molecule has 1 aliphatic rings. The average molecular weight is 388 g/mol. The highest BCUT2D eigenvalue weighted by Gasteiger charge is 2.31. The van der Waals surface area contributed by atoms with Crippen LogP contribution in [0.1, 0.15) is 15.9 Å². The highest BCUT2D eigenvalue weighted by Crippen LogP contribution is 2.22. The van der Waals surface area contributed by atoms with Crippen LogP contribution in [-0.4, -0.2) is 56.0 Å². The quantitative estimate of drug-likeness (QED) is 0.797. The summed E-state index contributed by atoms with van der Waals surface area (Å²) in [5.41, 5.74) is 0.701. The smallest absolute Gasteiger partial charge is 0.322 e. The Morgan fingerprint density at radius 3 is 2.44 bits per heavy atom. The van der Waals surface area contributed by atoms with E-state index in [1.54, 1.807) is 42.5 Å². The summed E-state index contributed by atoms with van der Waals surface area (Å²) < 4.78 is 25.8. The van der Waals surface area contributed by atoms with E-state index in [4.69, 9.17) is 5.11 Å². The zero-order valence-corrected chi connectivity index (χ0v) is 15.4. The first kappa shape index (κ1) is 19.1. The highest BCUT2D eigenvalue weighted by molar-refractivity contribution is 7.90. The number of hydrogen-bond donors (Lipinski definition) is 2. The van der Waals surface area contributed by atoms with Crippen molar-refractivity contribution in [1.29, 1.82) is 0 Å². The second-order valence-corrected chi connectivity index (χ2v) is 8.29. The summed E-state index contributed by atoms with van der Waals surface area (Å²) in [4.78, 5) is 25.5. The van der Waals surface area contributed by atoms with Crippen LogP contribution in [-0.2, 0) is 20.4 Å². The SMILES string of the molecule is O=C(O)[C@@H]1CN(C(=O)c2ccccc2S(=O)(=O)Cc2ccccc2)CCN1. The minimum Gasteiger partial charge on any atom is -0.480 e. The molecule has 2 aromatic carbocycles. The lowest BCUT2D eigenvalue weighted by molar-refractivity contribution is -0.140. The van der Waals surface area contributed by atoms with Gasteiger partial charge in [0.2, 0.25) is 0 Å². The number of nitrogens with zero attached hydrogens (tertiary/aromatic N) is 1. The van der Waals surface area contributed by atoms with Crippen molar-refractivity contribution < 1.29 is 23.1 Å². The molecule has 0 aliphatic carbocycles. The molecule has 0 spiro atoms. The topological polar surface area (TPSA) is 104 Å². The van der Waals surface area contributed by atoms with E-state index in [1.807, 2.05) is 0 Å². The second-order valence-electron chi connectivity index (χ2n) is 6.34. The molecule has 3 rings (SSSR count). The molecule has 27 heavy (non-hydrogen) atoms. The molecule has 0 aromatic heterocycles. The van der Waals surface area contributed by atoms with Gasteiger partial charge in [0.1, 0.15) is 6.04 Å². The van der Waals surface area contributed by atoms with Crippen LogP contribution in [0.5, 0.6) is 0 Å². The van der Waals surface area contributed by atoms with E-state index >= 15 is 0 Å². The van der Waals surface area contributed by atoms with Crippen molar-refractivity contribution in [2.75, 3.05) is 19.6 Å². The molecule has 0 radical (unpaired) electrons. The first-order valence-corrected chi connectivity index (χ1v) is 10.1. The third kappa shape index (κ3) is 4.35. The van der Waals surface area contributed by atoms with Crippen LogP contribution in [0.3, 0.4) is 0 Å². The zero-order valence-electron chi connectivity index (χ0n) is 14.5. The number of nitrogens with one attached hydrogen (secondary N) is 1. The highest BCUT2D eigenvalue weighted by atomic mass is 32.2. The molecule has 1 amide bonds. The van der Waals surface area contributed by atoms with E-state index in [0.29, 0.717) is 18.7 Å². The van der Waals surface area contributed by atoms with Crippen LogP contribution in [0, 0.1) is 0 Å². The van der Waals surface area contributed by atoms with Crippen LogP contribution >= 0.6 is 0 Å². The van der Waals surface area contributed by atoms with Crippen molar-refractivity contribution in [3.05, 3.63) is 65.7 Å². The van der Waals surface area contributed by atoms with E-state index in [-0.39, 0.29) is 22.8 Å². The first-order chi connectivity index (χ1) is 12.9. The van der Waals surface area contributed by atoms with Crippen molar-refractivity contribution in [3.63, 3.8) is 0 Å². The fourth-order valence-electron chi connectivity index (χ4n) is 3.06. The number of hydrogen-bond acceptors (Lipinski definition) is 5. The molecule has 0 unspecified atom stereocenters. The van der Waals surface area contributed by atoms with E-state index < -0.39 is 27.8 Å². The van der Waals surface area contributed by atoms with Crippen molar-refractivity contribution >= 4 is 21.7 Å². The number of carboxylic acids is 1. The summed E-state index contributed by atoms with van der Waals surface area (Å²) in [6, 6.07) is 14.0. The van der Waals surface area contributed by atoms with Crippen LogP contribution in [0.4, 0.5) is 0 Å². The third-order valence-corrected chi connectivity index (χ3v) is 6.15. The Bertz CT molecular complexity index is 944. The Morgan fingerprint density at radius 2 is 1.74 bits per heavy atom. The zero-order chi connectivity index (χ0) is 19.4. The Labute approximate surface area is 157 Å².